The van der Waals surface area contributed by atoms with Crippen LogP contribution in [0.4, 0.5) is 0 Å². The predicted octanol–water partition coefficient (Wildman–Crippen LogP) is 0.783. The molecule has 0 aliphatic heterocycles. The fourth-order valence-corrected chi connectivity index (χ4v) is 1.61. The first-order valence-electron chi connectivity index (χ1n) is 6.02. The van der Waals surface area contributed by atoms with Crippen LogP contribution in [0, 0.1) is 0 Å². The van der Waals surface area contributed by atoms with Crippen molar-refractivity contribution >= 4 is 5.91 Å². The number of nitrogens with zero attached hydrogens (tertiary/aromatic N) is 1. The maximum atomic E-state index is 11.9. The molecule has 0 saturated carbocycles. The summed E-state index contributed by atoms with van der Waals surface area (Å²) in [6.45, 7) is 5.29. The van der Waals surface area contributed by atoms with Gasteiger partial charge >= 0.3 is 0 Å². The minimum absolute atomic E-state index is 0.0187. The van der Waals surface area contributed by atoms with Crippen LogP contribution in [0.2, 0.25) is 0 Å². The molecule has 0 unspecified atom stereocenters. The summed E-state index contributed by atoms with van der Waals surface area (Å²) in [6, 6.07) is 9.75. The van der Waals surface area contributed by atoms with Crippen molar-refractivity contribution in [3.63, 3.8) is 0 Å². The fourth-order valence-electron chi connectivity index (χ4n) is 1.61. The van der Waals surface area contributed by atoms with Gasteiger partial charge in [-0.05, 0) is 5.56 Å². The van der Waals surface area contributed by atoms with E-state index in [0.29, 0.717) is 19.6 Å². The van der Waals surface area contributed by atoms with Crippen molar-refractivity contribution in [1.29, 1.82) is 0 Å². The highest BCUT2D eigenvalue weighted by molar-refractivity contribution is 5.78. The van der Waals surface area contributed by atoms with Crippen molar-refractivity contribution in [2.24, 2.45) is 0 Å². The van der Waals surface area contributed by atoms with Gasteiger partial charge in [0.1, 0.15) is 0 Å². The molecule has 0 heterocycles. The summed E-state index contributed by atoms with van der Waals surface area (Å²) in [4.78, 5) is 13.6. The minimum atomic E-state index is -0.0277. The third-order valence-electron chi connectivity index (χ3n) is 2.50. The molecule has 0 aliphatic rings. The molecule has 1 aromatic carbocycles. The smallest absolute Gasteiger partial charge is 0.236 e. The van der Waals surface area contributed by atoms with E-state index in [4.69, 9.17) is 5.11 Å². The van der Waals surface area contributed by atoms with Crippen LogP contribution in [-0.2, 0) is 11.3 Å². The fraction of sp³-hybridized carbons (Fsp3) is 0.357. The van der Waals surface area contributed by atoms with Gasteiger partial charge in [0.2, 0.25) is 5.91 Å². The summed E-state index contributed by atoms with van der Waals surface area (Å²) < 4.78 is 0. The second-order valence-corrected chi connectivity index (χ2v) is 3.94. The molecule has 0 aliphatic carbocycles. The lowest BCUT2D eigenvalue weighted by Crippen LogP contribution is -2.39. The van der Waals surface area contributed by atoms with Crippen LogP contribution in [0.1, 0.15) is 5.56 Å². The third-order valence-corrected chi connectivity index (χ3v) is 2.50. The van der Waals surface area contributed by atoms with Gasteiger partial charge in [-0.1, -0.05) is 36.4 Å². The second kappa shape index (κ2) is 8.44. The normalized spacial score (nSPS) is 10.1. The Hall–Kier alpha value is -1.65. The molecular formula is C14H20N2O2. The zero-order chi connectivity index (χ0) is 13.2. The van der Waals surface area contributed by atoms with E-state index in [1.54, 1.807) is 11.0 Å². The zero-order valence-corrected chi connectivity index (χ0v) is 10.5. The van der Waals surface area contributed by atoms with Gasteiger partial charge < -0.3 is 15.3 Å². The molecule has 2 N–H and O–H groups in total. The number of aliphatic hydroxyl groups excluding tert-OH is 1. The van der Waals surface area contributed by atoms with E-state index in [0.717, 1.165) is 5.56 Å². The molecule has 0 atom stereocenters. The van der Waals surface area contributed by atoms with Crippen LogP contribution in [0.25, 0.3) is 0 Å². The van der Waals surface area contributed by atoms with E-state index in [-0.39, 0.29) is 19.1 Å². The Labute approximate surface area is 108 Å². The number of nitrogens with one attached hydrogen (secondary N) is 1. The summed E-state index contributed by atoms with van der Waals surface area (Å²) in [5.74, 6) is -0.0187. The molecule has 0 fully saturated rings. The van der Waals surface area contributed by atoms with E-state index < -0.39 is 0 Å². The molecular weight excluding hydrogens is 228 g/mol. The van der Waals surface area contributed by atoms with E-state index in [1.165, 1.54) is 0 Å². The molecule has 1 aromatic rings. The monoisotopic (exact) mass is 248 g/mol. The van der Waals surface area contributed by atoms with Crippen molar-refractivity contribution in [3.05, 3.63) is 48.6 Å². The van der Waals surface area contributed by atoms with Gasteiger partial charge in [0.05, 0.1) is 13.2 Å². The van der Waals surface area contributed by atoms with Crippen LogP contribution < -0.4 is 5.32 Å². The van der Waals surface area contributed by atoms with E-state index in [9.17, 15) is 4.79 Å². The number of hydrogen-bond acceptors (Lipinski definition) is 3. The quantitative estimate of drug-likeness (QED) is 0.528. The largest absolute Gasteiger partial charge is 0.395 e. The Morgan fingerprint density at radius 3 is 2.72 bits per heavy atom. The molecule has 0 saturated heterocycles. The summed E-state index contributed by atoms with van der Waals surface area (Å²) in [6.07, 6.45) is 1.71. The average Bonchev–Trinajstić information content (AvgIpc) is 2.39. The standard InChI is InChI=1S/C14H20N2O2/c1-2-8-15-11-14(18)16(9-10-17)12-13-6-4-3-5-7-13/h2-7,15,17H,1,8-12H2. The highest BCUT2D eigenvalue weighted by Crippen LogP contribution is 2.04. The summed E-state index contributed by atoms with van der Waals surface area (Å²) in [5, 5.41) is 12.0. The van der Waals surface area contributed by atoms with E-state index in [2.05, 4.69) is 11.9 Å². The Balaban J connectivity index is 2.53. The van der Waals surface area contributed by atoms with Crippen LogP contribution >= 0.6 is 0 Å². The van der Waals surface area contributed by atoms with Crippen molar-refractivity contribution in [3.8, 4) is 0 Å². The highest BCUT2D eigenvalue weighted by Gasteiger charge is 2.12. The Bertz CT molecular complexity index is 365. The third kappa shape index (κ3) is 5.12. The van der Waals surface area contributed by atoms with Gasteiger partial charge in [0.25, 0.3) is 0 Å². The number of carbonyl (C=O) groups excluding carboxylic acids is 1. The number of carbonyl (C=O) groups is 1. The molecule has 1 rings (SSSR count). The van der Waals surface area contributed by atoms with Gasteiger partial charge in [0.15, 0.2) is 0 Å². The van der Waals surface area contributed by atoms with Crippen LogP contribution in [0.15, 0.2) is 43.0 Å². The Morgan fingerprint density at radius 2 is 2.11 bits per heavy atom. The van der Waals surface area contributed by atoms with Crippen molar-refractivity contribution in [2.45, 2.75) is 6.54 Å². The second-order valence-electron chi connectivity index (χ2n) is 3.94. The number of hydrogen-bond donors (Lipinski definition) is 2. The summed E-state index contributed by atoms with van der Waals surface area (Å²) in [7, 11) is 0. The molecule has 0 radical (unpaired) electrons. The van der Waals surface area contributed by atoms with Gasteiger partial charge in [-0.15, -0.1) is 6.58 Å². The predicted molar refractivity (Wildman–Crippen MR) is 72.0 cm³/mol. The molecule has 98 valence electrons. The van der Waals surface area contributed by atoms with Gasteiger partial charge in [-0.2, -0.15) is 0 Å². The first kappa shape index (κ1) is 14.4. The summed E-state index contributed by atoms with van der Waals surface area (Å²) in [5.41, 5.74) is 1.06. The first-order chi connectivity index (χ1) is 8.77. The lowest BCUT2D eigenvalue weighted by atomic mass is 10.2. The number of amides is 1. The maximum absolute atomic E-state index is 11.9. The SMILES string of the molecule is C=CCNCC(=O)N(CCO)Cc1ccccc1. The van der Waals surface area contributed by atoms with Crippen molar-refractivity contribution in [2.75, 3.05) is 26.2 Å². The molecule has 0 aromatic heterocycles. The molecule has 1 amide bonds. The highest BCUT2D eigenvalue weighted by atomic mass is 16.3. The van der Waals surface area contributed by atoms with E-state index in [1.807, 2.05) is 30.3 Å². The first-order valence-corrected chi connectivity index (χ1v) is 6.02. The number of benzene rings is 1. The van der Waals surface area contributed by atoms with Crippen molar-refractivity contribution < 1.29 is 9.90 Å². The molecule has 0 spiro atoms. The van der Waals surface area contributed by atoms with Gasteiger partial charge in [-0.3, -0.25) is 4.79 Å². The molecule has 4 nitrogen and oxygen atoms in total. The number of aliphatic hydroxyl groups is 1. The van der Waals surface area contributed by atoms with Crippen molar-refractivity contribution in [1.82, 2.24) is 10.2 Å². The van der Waals surface area contributed by atoms with Crippen LogP contribution in [-0.4, -0.2) is 42.2 Å². The molecule has 0 bridgehead atoms. The van der Waals surface area contributed by atoms with Crippen LogP contribution in [0.5, 0.6) is 0 Å². The zero-order valence-electron chi connectivity index (χ0n) is 10.5. The Kier molecular flexibility index (Phi) is 6.76. The number of rotatable bonds is 8. The minimum Gasteiger partial charge on any atom is -0.395 e. The molecule has 18 heavy (non-hydrogen) atoms. The summed E-state index contributed by atoms with van der Waals surface area (Å²) >= 11 is 0. The Morgan fingerprint density at radius 1 is 1.39 bits per heavy atom. The maximum Gasteiger partial charge on any atom is 0.236 e. The van der Waals surface area contributed by atoms with Gasteiger partial charge in [0, 0.05) is 19.6 Å². The lowest BCUT2D eigenvalue weighted by Gasteiger charge is -2.22. The van der Waals surface area contributed by atoms with E-state index >= 15 is 0 Å². The topological polar surface area (TPSA) is 52.6 Å². The average molecular weight is 248 g/mol. The molecule has 4 heteroatoms. The van der Waals surface area contributed by atoms with Crippen LogP contribution in [0.3, 0.4) is 0 Å². The lowest BCUT2D eigenvalue weighted by molar-refractivity contribution is -0.131. The van der Waals surface area contributed by atoms with Gasteiger partial charge in [-0.25, -0.2) is 0 Å².